The number of nitrogens with two attached hydrogens (primary N) is 1. The molecular weight excluding hydrogens is 234 g/mol. The van der Waals surface area contributed by atoms with Gasteiger partial charge in [0.1, 0.15) is 24.1 Å². The van der Waals surface area contributed by atoms with Crippen LogP contribution in [0.25, 0.3) is 6.08 Å². The zero-order chi connectivity index (χ0) is 13.1. The minimum absolute atomic E-state index is 0.284. The summed E-state index contributed by atoms with van der Waals surface area (Å²) in [6.45, 7) is 0.375. The molecule has 18 heavy (non-hydrogen) atoms. The van der Waals surface area contributed by atoms with E-state index in [-0.39, 0.29) is 6.42 Å². The molecule has 0 bridgehead atoms. The molecule has 0 amide bonds. The molecular formula is C13H15NO4. The van der Waals surface area contributed by atoms with Crippen molar-refractivity contribution in [2.75, 3.05) is 13.7 Å². The van der Waals surface area contributed by atoms with Gasteiger partial charge in [-0.3, -0.25) is 4.79 Å². The molecule has 0 aliphatic carbocycles. The predicted molar refractivity (Wildman–Crippen MR) is 66.7 cm³/mol. The van der Waals surface area contributed by atoms with E-state index in [1.54, 1.807) is 7.11 Å². The third-order valence-corrected chi connectivity index (χ3v) is 2.79. The van der Waals surface area contributed by atoms with Gasteiger partial charge >= 0.3 is 5.97 Å². The van der Waals surface area contributed by atoms with E-state index < -0.39 is 12.0 Å². The van der Waals surface area contributed by atoms with Gasteiger partial charge < -0.3 is 20.3 Å². The number of ether oxygens (including phenoxy) is 2. The van der Waals surface area contributed by atoms with Crippen molar-refractivity contribution in [1.29, 1.82) is 0 Å². The van der Waals surface area contributed by atoms with Gasteiger partial charge in [0.05, 0.1) is 7.11 Å². The number of rotatable bonds is 4. The summed E-state index contributed by atoms with van der Waals surface area (Å²) < 4.78 is 10.7. The maximum Gasteiger partial charge on any atom is 0.320 e. The molecule has 0 fully saturated rings. The van der Waals surface area contributed by atoms with Crippen LogP contribution in [0.4, 0.5) is 0 Å². The average Bonchev–Trinajstić information content (AvgIpc) is 2.37. The zero-order valence-electron chi connectivity index (χ0n) is 10.1. The first kappa shape index (κ1) is 12.4. The summed E-state index contributed by atoms with van der Waals surface area (Å²) in [6.07, 6.45) is 2.19. The number of methoxy groups -OCH3 is 1. The summed E-state index contributed by atoms with van der Waals surface area (Å²) >= 11 is 0. The lowest BCUT2D eigenvalue weighted by molar-refractivity contribution is -0.138. The van der Waals surface area contributed by atoms with E-state index in [9.17, 15) is 4.79 Å². The number of hydrogen-bond acceptors (Lipinski definition) is 4. The second-order valence-electron chi connectivity index (χ2n) is 4.14. The molecule has 1 aromatic rings. The third-order valence-electron chi connectivity index (χ3n) is 2.79. The summed E-state index contributed by atoms with van der Waals surface area (Å²) in [4.78, 5) is 10.7. The highest BCUT2D eigenvalue weighted by atomic mass is 16.5. The first-order chi connectivity index (χ1) is 8.60. The van der Waals surface area contributed by atoms with Crippen LogP contribution in [0, 0.1) is 0 Å². The monoisotopic (exact) mass is 249 g/mol. The van der Waals surface area contributed by atoms with E-state index >= 15 is 0 Å². The maximum absolute atomic E-state index is 10.7. The van der Waals surface area contributed by atoms with Crippen molar-refractivity contribution in [1.82, 2.24) is 0 Å². The number of carboxylic acid groups (broad SMARTS) is 1. The van der Waals surface area contributed by atoms with Crippen LogP contribution in [0.15, 0.2) is 23.8 Å². The molecule has 2 rings (SSSR count). The lowest BCUT2D eigenvalue weighted by Crippen LogP contribution is -2.31. The highest BCUT2D eigenvalue weighted by Gasteiger charge is 2.18. The standard InChI is InChI=1S/C13H15NO4/c1-17-10-2-3-12-9(6-10)4-8(7-18-12)5-11(14)13(15)16/h2-4,6,11H,5,7,14H2,1H3,(H,15,16). The summed E-state index contributed by atoms with van der Waals surface area (Å²) in [7, 11) is 1.59. The Hall–Kier alpha value is -2.01. The molecule has 3 N–H and O–H groups in total. The summed E-state index contributed by atoms with van der Waals surface area (Å²) in [6, 6.07) is 4.60. The van der Waals surface area contributed by atoms with Gasteiger partial charge in [-0.25, -0.2) is 0 Å². The van der Waals surface area contributed by atoms with Gasteiger partial charge in [-0.05, 0) is 36.3 Å². The molecule has 0 spiro atoms. The molecule has 1 aromatic carbocycles. The Balaban J connectivity index is 2.20. The van der Waals surface area contributed by atoms with Gasteiger partial charge in [0.2, 0.25) is 0 Å². The zero-order valence-corrected chi connectivity index (χ0v) is 10.1. The van der Waals surface area contributed by atoms with Crippen molar-refractivity contribution in [2.24, 2.45) is 5.73 Å². The van der Waals surface area contributed by atoms with Gasteiger partial charge in [-0.15, -0.1) is 0 Å². The lowest BCUT2D eigenvalue weighted by Gasteiger charge is -2.19. The largest absolute Gasteiger partial charge is 0.497 e. The van der Waals surface area contributed by atoms with Gasteiger partial charge in [0.25, 0.3) is 0 Å². The lowest BCUT2D eigenvalue weighted by atomic mass is 10.0. The molecule has 5 nitrogen and oxygen atoms in total. The van der Waals surface area contributed by atoms with Crippen molar-refractivity contribution < 1.29 is 19.4 Å². The molecule has 1 aliphatic rings. The van der Waals surface area contributed by atoms with E-state index in [1.807, 2.05) is 24.3 Å². The quantitative estimate of drug-likeness (QED) is 0.839. The van der Waals surface area contributed by atoms with E-state index in [4.69, 9.17) is 20.3 Å². The van der Waals surface area contributed by atoms with Crippen LogP contribution in [0.5, 0.6) is 11.5 Å². The number of fused-ring (bicyclic) bond motifs is 1. The molecule has 1 heterocycles. The number of carboxylic acids is 1. The van der Waals surface area contributed by atoms with Crippen LogP contribution >= 0.6 is 0 Å². The van der Waals surface area contributed by atoms with Crippen molar-refractivity contribution in [3.8, 4) is 11.5 Å². The highest BCUT2D eigenvalue weighted by Crippen LogP contribution is 2.30. The second-order valence-corrected chi connectivity index (χ2v) is 4.14. The Bertz CT molecular complexity index is 496. The Kier molecular flexibility index (Phi) is 3.53. The maximum atomic E-state index is 10.7. The Labute approximate surface area is 105 Å². The van der Waals surface area contributed by atoms with E-state index in [2.05, 4.69) is 0 Å². The van der Waals surface area contributed by atoms with Crippen molar-refractivity contribution in [3.63, 3.8) is 0 Å². The first-order valence-electron chi connectivity index (χ1n) is 5.59. The molecule has 0 saturated carbocycles. The van der Waals surface area contributed by atoms with Crippen LogP contribution in [-0.4, -0.2) is 30.8 Å². The predicted octanol–water partition coefficient (Wildman–Crippen LogP) is 1.27. The van der Waals surface area contributed by atoms with Crippen molar-refractivity contribution in [3.05, 3.63) is 29.3 Å². The van der Waals surface area contributed by atoms with Gasteiger partial charge in [-0.2, -0.15) is 0 Å². The Morgan fingerprint density at radius 3 is 3.06 bits per heavy atom. The second kappa shape index (κ2) is 5.10. The fourth-order valence-electron chi connectivity index (χ4n) is 1.82. The van der Waals surface area contributed by atoms with Crippen LogP contribution in [-0.2, 0) is 4.79 Å². The van der Waals surface area contributed by atoms with Gasteiger partial charge in [-0.1, -0.05) is 0 Å². The van der Waals surface area contributed by atoms with Crippen molar-refractivity contribution >= 4 is 12.0 Å². The normalized spacial score (nSPS) is 15.1. The highest BCUT2D eigenvalue weighted by molar-refractivity contribution is 5.74. The Morgan fingerprint density at radius 1 is 1.61 bits per heavy atom. The summed E-state index contributed by atoms with van der Waals surface area (Å²) in [5.74, 6) is 0.494. The third kappa shape index (κ3) is 2.62. The number of hydrogen-bond donors (Lipinski definition) is 2. The molecule has 0 saturated heterocycles. The topological polar surface area (TPSA) is 81.8 Å². The van der Waals surface area contributed by atoms with Gasteiger partial charge in [0.15, 0.2) is 0 Å². The molecule has 96 valence electrons. The smallest absolute Gasteiger partial charge is 0.320 e. The minimum atomic E-state index is -1.01. The SMILES string of the molecule is COc1ccc2c(c1)C=C(CC(N)C(=O)O)CO2. The molecule has 0 aromatic heterocycles. The van der Waals surface area contributed by atoms with Crippen LogP contribution in [0.2, 0.25) is 0 Å². The molecule has 1 aliphatic heterocycles. The fraction of sp³-hybridized carbons (Fsp3) is 0.308. The van der Waals surface area contributed by atoms with E-state index in [1.165, 1.54) is 0 Å². The average molecular weight is 249 g/mol. The first-order valence-corrected chi connectivity index (χ1v) is 5.59. The van der Waals surface area contributed by atoms with E-state index in [0.29, 0.717) is 6.61 Å². The molecule has 5 heteroatoms. The number of benzene rings is 1. The van der Waals surface area contributed by atoms with Crippen molar-refractivity contribution in [2.45, 2.75) is 12.5 Å². The summed E-state index contributed by atoms with van der Waals surface area (Å²) in [5.41, 5.74) is 7.25. The summed E-state index contributed by atoms with van der Waals surface area (Å²) in [5, 5.41) is 8.78. The molecule has 1 atom stereocenters. The molecule has 0 radical (unpaired) electrons. The molecule has 1 unspecified atom stereocenters. The van der Waals surface area contributed by atoms with E-state index in [0.717, 1.165) is 22.6 Å². The Morgan fingerprint density at radius 2 is 2.39 bits per heavy atom. The number of carbonyl (C=O) groups is 1. The number of aliphatic carboxylic acids is 1. The minimum Gasteiger partial charge on any atom is -0.497 e. The van der Waals surface area contributed by atoms with Crippen LogP contribution < -0.4 is 15.2 Å². The van der Waals surface area contributed by atoms with Crippen LogP contribution in [0.3, 0.4) is 0 Å². The fourth-order valence-corrected chi connectivity index (χ4v) is 1.82. The van der Waals surface area contributed by atoms with Crippen LogP contribution in [0.1, 0.15) is 12.0 Å². The van der Waals surface area contributed by atoms with Gasteiger partial charge in [0, 0.05) is 5.56 Å².